The summed E-state index contributed by atoms with van der Waals surface area (Å²) in [6, 6.07) is 1.37. The summed E-state index contributed by atoms with van der Waals surface area (Å²) in [5, 5.41) is 10.3. The Hall–Kier alpha value is -3.50. The third-order valence-electron chi connectivity index (χ3n) is 6.08. The van der Waals surface area contributed by atoms with Crippen LogP contribution in [0.3, 0.4) is 0 Å². The van der Waals surface area contributed by atoms with Gasteiger partial charge in [0.2, 0.25) is 11.9 Å². The van der Waals surface area contributed by atoms with Gasteiger partial charge in [-0.15, -0.1) is 0 Å². The molecule has 3 rings (SSSR count). The predicted molar refractivity (Wildman–Crippen MR) is 125 cm³/mol. The molecule has 188 valence electrons. The van der Waals surface area contributed by atoms with E-state index in [0.717, 1.165) is 18.5 Å². The number of amides is 1. The van der Waals surface area contributed by atoms with E-state index in [1.807, 2.05) is 4.90 Å². The first-order valence-corrected chi connectivity index (χ1v) is 11.3. The zero-order valence-corrected chi connectivity index (χ0v) is 19.8. The molecule has 2 aromatic rings. The third-order valence-corrected chi connectivity index (χ3v) is 6.08. The minimum Gasteiger partial charge on any atom is -0.386 e. The molecule has 1 saturated heterocycles. The van der Waals surface area contributed by atoms with Gasteiger partial charge in [-0.3, -0.25) is 4.79 Å². The van der Waals surface area contributed by atoms with Crippen LogP contribution in [0, 0.1) is 34.6 Å². The number of aromatic nitrogens is 2. The Labute approximate surface area is 201 Å². The van der Waals surface area contributed by atoms with Crippen molar-refractivity contribution in [3.05, 3.63) is 58.4 Å². The standard InChI is InChI=1S/C24H28F4N6O/c1-4-33(13-16-9-17(25)10-18(26)20(16)28)23(35)15-5-7-34(8-6-15)24-31-12-19(27)22(32-24)21(30-3)14(2)11-29/h9-12,15,29-30H,4-8,13H2,1-3H3/b21-14-,29-11?. The number of hydrogen-bond donors (Lipinski definition) is 2. The van der Waals surface area contributed by atoms with E-state index in [-0.39, 0.29) is 36.2 Å². The molecule has 1 aliphatic heterocycles. The fraction of sp³-hybridized carbons (Fsp3) is 0.417. The van der Waals surface area contributed by atoms with E-state index in [1.54, 1.807) is 20.9 Å². The largest absolute Gasteiger partial charge is 0.386 e. The Morgan fingerprint density at radius 2 is 1.91 bits per heavy atom. The lowest BCUT2D eigenvalue weighted by molar-refractivity contribution is -0.136. The molecule has 1 amide bonds. The molecule has 11 heteroatoms. The lowest BCUT2D eigenvalue weighted by Crippen LogP contribution is -2.43. The van der Waals surface area contributed by atoms with Gasteiger partial charge in [-0.2, -0.15) is 0 Å². The topological polar surface area (TPSA) is 85.2 Å². The van der Waals surface area contributed by atoms with E-state index in [0.29, 0.717) is 49.2 Å². The normalized spacial score (nSPS) is 15.0. The van der Waals surface area contributed by atoms with Crippen LogP contribution in [0.1, 0.15) is 37.9 Å². The number of benzene rings is 1. The number of piperidine rings is 1. The molecule has 1 aromatic carbocycles. The fourth-order valence-corrected chi connectivity index (χ4v) is 4.12. The summed E-state index contributed by atoms with van der Waals surface area (Å²) in [5.74, 6) is -4.25. The molecule has 1 aliphatic rings. The van der Waals surface area contributed by atoms with Crippen LogP contribution in [0.4, 0.5) is 23.5 Å². The maximum atomic E-state index is 14.4. The molecule has 0 saturated carbocycles. The zero-order chi connectivity index (χ0) is 25.7. The quantitative estimate of drug-likeness (QED) is 0.332. The number of rotatable bonds is 8. The van der Waals surface area contributed by atoms with Gasteiger partial charge in [0.05, 0.1) is 11.9 Å². The number of nitrogens with zero attached hydrogens (tertiary/aromatic N) is 4. The van der Waals surface area contributed by atoms with Crippen molar-refractivity contribution in [2.45, 2.75) is 33.2 Å². The van der Waals surface area contributed by atoms with E-state index < -0.39 is 23.3 Å². The van der Waals surface area contributed by atoms with Crippen molar-refractivity contribution in [1.29, 1.82) is 5.41 Å². The van der Waals surface area contributed by atoms with Gasteiger partial charge in [-0.1, -0.05) is 0 Å². The van der Waals surface area contributed by atoms with Crippen molar-refractivity contribution < 1.29 is 22.4 Å². The fourth-order valence-electron chi connectivity index (χ4n) is 4.12. The highest BCUT2D eigenvalue weighted by atomic mass is 19.2. The van der Waals surface area contributed by atoms with Crippen molar-refractivity contribution in [1.82, 2.24) is 20.2 Å². The summed E-state index contributed by atoms with van der Waals surface area (Å²) in [4.78, 5) is 24.7. The molecular formula is C24H28F4N6O. The van der Waals surface area contributed by atoms with Gasteiger partial charge in [-0.05, 0) is 38.3 Å². The van der Waals surface area contributed by atoms with Crippen molar-refractivity contribution >= 4 is 23.8 Å². The maximum absolute atomic E-state index is 14.4. The van der Waals surface area contributed by atoms with Crippen LogP contribution in [-0.4, -0.2) is 53.7 Å². The van der Waals surface area contributed by atoms with Crippen LogP contribution >= 0.6 is 0 Å². The Balaban J connectivity index is 1.71. The van der Waals surface area contributed by atoms with Crippen LogP contribution in [0.5, 0.6) is 0 Å². The maximum Gasteiger partial charge on any atom is 0.226 e. The molecule has 7 nitrogen and oxygen atoms in total. The number of hydrogen-bond acceptors (Lipinski definition) is 6. The number of halogens is 4. The van der Waals surface area contributed by atoms with E-state index in [2.05, 4.69) is 15.3 Å². The first-order valence-electron chi connectivity index (χ1n) is 11.3. The Morgan fingerprint density at radius 3 is 2.51 bits per heavy atom. The number of anilines is 1. The molecule has 0 aliphatic carbocycles. The first-order chi connectivity index (χ1) is 16.7. The minimum absolute atomic E-state index is 0.0539. The second-order valence-electron chi connectivity index (χ2n) is 8.29. The molecule has 1 fully saturated rings. The highest BCUT2D eigenvalue weighted by molar-refractivity contribution is 5.87. The SMILES string of the molecule is CCN(Cc1cc(F)cc(F)c1F)C(=O)C1CCN(c2ncc(F)c(/C(NC)=C(\C)C=N)n2)CC1. The van der Waals surface area contributed by atoms with Gasteiger partial charge in [0.1, 0.15) is 11.5 Å². The van der Waals surface area contributed by atoms with Crippen molar-refractivity contribution in [3.63, 3.8) is 0 Å². The van der Waals surface area contributed by atoms with Gasteiger partial charge < -0.3 is 20.5 Å². The molecule has 2 heterocycles. The second kappa shape index (κ2) is 11.3. The monoisotopic (exact) mass is 492 g/mol. The molecule has 0 unspecified atom stereocenters. The van der Waals surface area contributed by atoms with Crippen molar-refractivity contribution in [3.8, 4) is 0 Å². The van der Waals surface area contributed by atoms with Gasteiger partial charge in [0.15, 0.2) is 17.5 Å². The molecule has 0 bridgehead atoms. The van der Waals surface area contributed by atoms with E-state index in [4.69, 9.17) is 5.41 Å². The second-order valence-corrected chi connectivity index (χ2v) is 8.29. The number of carbonyl (C=O) groups is 1. The van der Waals surface area contributed by atoms with E-state index in [1.165, 1.54) is 4.90 Å². The Morgan fingerprint density at radius 1 is 1.23 bits per heavy atom. The first kappa shape index (κ1) is 26.1. The van der Waals surface area contributed by atoms with Crippen LogP contribution < -0.4 is 10.2 Å². The van der Waals surface area contributed by atoms with E-state index >= 15 is 0 Å². The smallest absolute Gasteiger partial charge is 0.226 e. The lowest BCUT2D eigenvalue weighted by Gasteiger charge is -2.34. The van der Waals surface area contributed by atoms with Gasteiger partial charge in [0, 0.05) is 57.0 Å². The summed E-state index contributed by atoms with van der Waals surface area (Å²) in [7, 11) is 1.62. The van der Waals surface area contributed by atoms with Crippen LogP contribution in [-0.2, 0) is 11.3 Å². The number of nitrogens with one attached hydrogen (secondary N) is 2. The molecule has 35 heavy (non-hydrogen) atoms. The number of carbonyl (C=O) groups excluding carboxylic acids is 1. The molecule has 0 atom stereocenters. The number of allylic oxidation sites excluding steroid dienone is 1. The van der Waals surface area contributed by atoms with Gasteiger partial charge in [0.25, 0.3) is 0 Å². The zero-order valence-electron chi connectivity index (χ0n) is 19.8. The average Bonchev–Trinajstić information content (AvgIpc) is 2.86. The highest BCUT2D eigenvalue weighted by Crippen LogP contribution is 2.26. The lowest BCUT2D eigenvalue weighted by atomic mass is 9.95. The molecule has 0 spiro atoms. The van der Waals surface area contributed by atoms with Gasteiger partial charge in [-0.25, -0.2) is 27.5 Å². The van der Waals surface area contributed by atoms with Crippen LogP contribution in [0.15, 0.2) is 23.9 Å². The molecule has 0 radical (unpaired) electrons. The van der Waals surface area contributed by atoms with Gasteiger partial charge >= 0.3 is 0 Å². The Kier molecular flexibility index (Phi) is 8.42. The van der Waals surface area contributed by atoms with E-state index in [9.17, 15) is 22.4 Å². The van der Waals surface area contributed by atoms with Crippen LogP contribution in [0.25, 0.3) is 5.70 Å². The predicted octanol–water partition coefficient (Wildman–Crippen LogP) is 3.90. The summed E-state index contributed by atoms with van der Waals surface area (Å²) < 4.78 is 55.6. The Bertz CT molecular complexity index is 1130. The summed E-state index contributed by atoms with van der Waals surface area (Å²) in [5.41, 5.74) is 0.731. The van der Waals surface area contributed by atoms with Crippen LogP contribution in [0.2, 0.25) is 0 Å². The average molecular weight is 493 g/mol. The third kappa shape index (κ3) is 5.77. The van der Waals surface area contributed by atoms with Crippen molar-refractivity contribution in [2.75, 3.05) is 31.6 Å². The highest BCUT2D eigenvalue weighted by Gasteiger charge is 2.30. The minimum atomic E-state index is -1.29. The van der Waals surface area contributed by atoms with Crippen molar-refractivity contribution in [2.24, 2.45) is 5.92 Å². The molecule has 1 aromatic heterocycles. The molecular weight excluding hydrogens is 464 g/mol. The summed E-state index contributed by atoms with van der Waals surface area (Å²) in [6.07, 6.45) is 3.10. The molecule has 2 N–H and O–H groups in total. The summed E-state index contributed by atoms with van der Waals surface area (Å²) >= 11 is 0. The summed E-state index contributed by atoms with van der Waals surface area (Å²) in [6.45, 7) is 4.28.